The van der Waals surface area contributed by atoms with E-state index >= 15 is 0 Å². The summed E-state index contributed by atoms with van der Waals surface area (Å²) in [6.45, 7) is 0. The lowest BCUT2D eigenvalue weighted by Crippen LogP contribution is -1.95. The number of hydrogen-bond donors (Lipinski definition) is 1. The van der Waals surface area contributed by atoms with E-state index in [-0.39, 0.29) is 5.56 Å². The highest BCUT2D eigenvalue weighted by Crippen LogP contribution is 2.27. The summed E-state index contributed by atoms with van der Waals surface area (Å²) in [7, 11) is 0. The Labute approximate surface area is 133 Å². The Balaban J connectivity index is 2.01. The van der Waals surface area contributed by atoms with Crippen LogP contribution in [-0.2, 0) is 0 Å². The molecule has 0 atom stereocenters. The van der Waals surface area contributed by atoms with Gasteiger partial charge in [-0.2, -0.15) is 0 Å². The van der Waals surface area contributed by atoms with Crippen LogP contribution < -0.4 is 0 Å². The summed E-state index contributed by atoms with van der Waals surface area (Å²) >= 11 is 6.21. The maximum atomic E-state index is 11.0. The maximum Gasteiger partial charge on any atom is 0.335 e. The SMILES string of the molecule is O=C(O)c1cccc(C=Cc2ccc(Cl)c3ccccc23)c1. The smallest absolute Gasteiger partial charge is 0.335 e. The Bertz CT molecular complexity index is 881. The van der Waals surface area contributed by atoms with Gasteiger partial charge in [0.1, 0.15) is 0 Å². The molecule has 0 spiro atoms. The predicted octanol–water partition coefficient (Wildman–Crippen LogP) is 5.36. The molecule has 0 fully saturated rings. The minimum atomic E-state index is -0.924. The second kappa shape index (κ2) is 6.04. The number of benzene rings is 3. The molecule has 0 heterocycles. The molecule has 22 heavy (non-hydrogen) atoms. The first-order valence-electron chi connectivity index (χ1n) is 6.84. The van der Waals surface area contributed by atoms with Gasteiger partial charge in [-0.25, -0.2) is 4.79 Å². The molecule has 0 aliphatic rings. The normalized spacial score (nSPS) is 11.1. The van der Waals surface area contributed by atoms with Crippen molar-refractivity contribution >= 4 is 40.5 Å². The highest BCUT2D eigenvalue weighted by Gasteiger charge is 2.03. The van der Waals surface area contributed by atoms with Crippen LogP contribution in [0.4, 0.5) is 0 Å². The molecule has 0 radical (unpaired) electrons. The van der Waals surface area contributed by atoms with E-state index in [9.17, 15) is 4.79 Å². The van der Waals surface area contributed by atoms with Gasteiger partial charge in [0.25, 0.3) is 0 Å². The Morgan fingerprint density at radius 1 is 0.909 bits per heavy atom. The summed E-state index contributed by atoms with van der Waals surface area (Å²) < 4.78 is 0. The second-order valence-corrected chi connectivity index (χ2v) is 5.35. The number of hydrogen-bond acceptors (Lipinski definition) is 1. The Morgan fingerprint density at radius 2 is 1.68 bits per heavy atom. The molecule has 2 nitrogen and oxygen atoms in total. The lowest BCUT2D eigenvalue weighted by atomic mass is 10.0. The van der Waals surface area contributed by atoms with E-state index in [2.05, 4.69) is 0 Å². The molecule has 0 aliphatic heterocycles. The minimum absolute atomic E-state index is 0.281. The summed E-state index contributed by atoms with van der Waals surface area (Å²) in [6, 6.07) is 18.6. The van der Waals surface area contributed by atoms with Crippen LogP contribution in [-0.4, -0.2) is 11.1 Å². The van der Waals surface area contributed by atoms with Crippen molar-refractivity contribution in [2.75, 3.05) is 0 Å². The van der Waals surface area contributed by atoms with Crippen molar-refractivity contribution in [1.29, 1.82) is 0 Å². The zero-order valence-corrected chi connectivity index (χ0v) is 12.4. The van der Waals surface area contributed by atoms with E-state index in [0.29, 0.717) is 0 Å². The van der Waals surface area contributed by atoms with E-state index in [1.54, 1.807) is 18.2 Å². The molecule has 3 rings (SSSR count). The molecule has 3 heteroatoms. The van der Waals surface area contributed by atoms with Gasteiger partial charge in [-0.1, -0.05) is 66.2 Å². The molecule has 0 amide bonds. The lowest BCUT2D eigenvalue weighted by molar-refractivity contribution is 0.0697. The van der Waals surface area contributed by atoms with Crippen molar-refractivity contribution in [3.05, 3.63) is 82.4 Å². The number of rotatable bonds is 3. The average molecular weight is 309 g/mol. The van der Waals surface area contributed by atoms with E-state index in [1.807, 2.05) is 54.6 Å². The molecule has 0 aromatic heterocycles. The highest BCUT2D eigenvalue weighted by atomic mass is 35.5. The van der Waals surface area contributed by atoms with Crippen LogP contribution in [0, 0.1) is 0 Å². The molecule has 108 valence electrons. The fraction of sp³-hybridized carbons (Fsp3) is 0. The molecule has 0 saturated carbocycles. The molecule has 3 aromatic carbocycles. The number of aromatic carboxylic acids is 1. The van der Waals surface area contributed by atoms with Gasteiger partial charge in [0.05, 0.1) is 5.56 Å². The Hall–Kier alpha value is -2.58. The molecule has 3 aromatic rings. The van der Waals surface area contributed by atoms with E-state index < -0.39 is 5.97 Å². The quantitative estimate of drug-likeness (QED) is 0.661. The minimum Gasteiger partial charge on any atom is -0.478 e. The van der Waals surface area contributed by atoms with Gasteiger partial charge in [-0.05, 0) is 34.7 Å². The fourth-order valence-electron chi connectivity index (χ4n) is 2.39. The van der Waals surface area contributed by atoms with Gasteiger partial charge >= 0.3 is 5.97 Å². The zero-order chi connectivity index (χ0) is 15.5. The van der Waals surface area contributed by atoms with Crippen LogP contribution >= 0.6 is 11.6 Å². The van der Waals surface area contributed by atoms with Crippen molar-refractivity contribution < 1.29 is 9.90 Å². The summed E-state index contributed by atoms with van der Waals surface area (Å²) in [5.74, 6) is -0.924. The van der Waals surface area contributed by atoms with Crippen molar-refractivity contribution in [3.63, 3.8) is 0 Å². The van der Waals surface area contributed by atoms with Crippen LogP contribution in [0.25, 0.3) is 22.9 Å². The second-order valence-electron chi connectivity index (χ2n) is 4.95. The van der Waals surface area contributed by atoms with Crippen molar-refractivity contribution in [3.8, 4) is 0 Å². The van der Waals surface area contributed by atoms with Crippen LogP contribution in [0.3, 0.4) is 0 Å². The number of carboxylic acid groups (broad SMARTS) is 1. The van der Waals surface area contributed by atoms with Gasteiger partial charge in [0.15, 0.2) is 0 Å². The molecule has 0 bridgehead atoms. The van der Waals surface area contributed by atoms with Gasteiger partial charge in [-0.15, -0.1) is 0 Å². The first-order chi connectivity index (χ1) is 10.6. The van der Waals surface area contributed by atoms with E-state index in [0.717, 1.165) is 26.9 Å². The monoisotopic (exact) mass is 308 g/mol. The van der Waals surface area contributed by atoms with Gasteiger partial charge in [-0.3, -0.25) is 0 Å². The van der Waals surface area contributed by atoms with Gasteiger partial charge < -0.3 is 5.11 Å². The molecular weight excluding hydrogens is 296 g/mol. The van der Waals surface area contributed by atoms with Crippen LogP contribution in [0.5, 0.6) is 0 Å². The predicted molar refractivity (Wildman–Crippen MR) is 91.3 cm³/mol. The first-order valence-corrected chi connectivity index (χ1v) is 7.21. The summed E-state index contributed by atoms with van der Waals surface area (Å²) in [5, 5.41) is 11.8. The van der Waals surface area contributed by atoms with Crippen molar-refractivity contribution in [2.45, 2.75) is 0 Å². The van der Waals surface area contributed by atoms with Crippen molar-refractivity contribution in [2.24, 2.45) is 0 Å². The zero-order valence-electron chi connectivity index (χ0n) is 11.7. The number of carbonyl (C=O) groups is 1. The van der Waals surface area contributed by atoms with E-state index in [1.165, 1.54) is 0 Å². The molecule has 0 saturated heterocycles. The molecule has 0 aliphatic carbocycles. The van der Waals surface area contributed by atoms with Gasteiger partial charge in [0.2, 0.25) is 0 Å². The van der Waals surface area contributed by atoms with Crippen LogP contribution in [0.1, 0.15) is 21.5 Å². The van der Waals surface area contributed by atoms with E-state index in [4.69, 9.17) is 16.7 Å². The topological polar surface area (TPSA) is 37.3 Å². The average Bonchev–Trinajstić information content (AvgIpc) is 2.55. The lowest BCUT2D eigenvalue weighted by Gasteiger charge is -2.04. The van der Waals surface area contributed by atoms with Crippen LogP contribution in [0.15, 0.2) is 60.7 Å². The van der Waals surface area contributed by atoms with Gasteiger partial charge in [0, 0.05) is 10.4 Å². The number of halogens is 1. The molecular formula is C19H13ClO2. The molecule has 0 unspecified atom stereocenters. The molecule has 1 N–H and O–H groups in total. The summed E-state index contributed by atoms with van der Waals surface area (Å²) in [5.41, 5.74) is 2.17. The Morgan fingerprint density at radius 3 is 2.45 bits per heavy atom. The third-order valence-electron chi connectivity index (χ3n) is 3.49. The Kier molecular flexibility index (Phi) is 3.94. The number of carboxylic acids is 1. The standard InChI is InChI=1S/C19H13ClO2/c20-18-11-10-14(16-6-1-2-7-17(16)18)9-8-13-4-3-5-15(12-13)19(21)22/h1-12H,(H,21,22). The summed E-state index contributed by atoms with van der Waals surface area (Å²) in [6.07, 6.45) is 3.88. The fourth-order valence-corrected chi connectivity index (χ4v) is 2.62. The first kappa shape index (κ1) is 14.4. The third-order valence-corrected chi connectivity index (χ3v) is 3.82. The number of fused-ring (bicyclic) bond motifs is 1. The maximum absolute atomic E-state index is 11.0. The largest absolute Gasteiger partial charge is 0.478 e. The highest BCUT2D eigenvalue weighted by molar-refractivity contribution is 6.35. The summed E-state index contributed by atoms with van der Waals surface area (Å²) in [4.78, 5) is 11.0. The van der Waals surface area contributed by atoms with Crippen LogP contribution in [0.2, 0.25) is 5.02 Å². The van der Waals surface area contributed by atoms with Crippen molar-refractivity contribution in [1.82, 2.24) is 0 Å². The third kappa shape index (κ3) is 2.87.